The molecule has 4 heterocycles. The van der Waals surface area contributed by atoms with Gasteiger partial charge >= 0.3 is 12.1 Å². The second-order valence-corrected chi connectivity index (χ2v) is 12.4. The van der Waals surface area contributed by atoms with Crippen molar-refractivity contribution in [2.24, 2.45) is 5.92 Å². The number of hydrogen-bond donors (Lipinski definition) is 3. The zero-order valence-corrected chi connectivity index (χ0v) is 24.6. The Balaban J connectivity index is 1.44. The number of pyridine rings is 1. The predicted molar refractivity (Wildman–Crippen MR) is 152 cm³/mol. The number of aromatic nitrogens is 5. The highest BCUT2D eigenvalue weighted by molar-refractivity contribution is 5.96. The molecule has 5 atom stereocenters. The van der Waals surface area contributed by atoms with Crippen LogP contribution in [0.4, 0.5) is 4.79 Å². The molecule has 3 N–H and O–H groups in total. The van der Waals surface area contributed by atoms with Crippen LogP contribution in [0, 0.1) is 5.92 Å². The van der Waals surface area contributed by atoms with E-state index in [0.29, 0.717) is 24.2 Å². The number of rotatable bonds is 4. The van der Waals surface area contributed by atoms with Gasteiger partial charge in [-0.15, -0.1) is 10.2 Å². The van der Waals surface area contributed by atoms with Crippen LogP contribution in [0.3, 0.4) is 0 Å². The van der Waals surface area contributed by atoms with Gasteiger partial charge in [0.2, 0.25) is 17.6 Å². The number of nitrogens with one attached hydrogen (secondary N) is 2. The zero-order chi connectivity index (χ0) is 30.8. The molecule has 1 saturated carbocycles. The van der Waals surface area contributed by atoms with E-state index in [0.717, 1.165) is 19.3 Å². The Labute approximate surface area is 249 Å². The van der Waals surface area contributed by atoms with Gasteiger partial charge in [-0.1, -0.05) is 25.0 Å². The number of carbonyl (C=O) groups is 4. The van der Waals surface area contributed by atoms with E-state index < -0.39 is 53.1 Å². The normalized spacial score (nSPS) is 28.9. The molecule has 4 unspecified atom stereocenters. The third-order valence-corrected chi connectivity index (χ3v) is 8.02. The molecule has 0 spiro atoms. The Hall–Kier alpha value is -4.36. The molecule has 230 valence electrons. The summed E-state index contributed by atoms with van der Waals surface area (Å²) in [7, 11) is 0. The first-order valence-corrected chi connectivity index (χ1v) is 14.7. The summed E-state index contributed by atoms with van der Waals surface area (Å²) in [4.78, 5) is 59.7. The number of carboxylic acid groups (broad SMARTS) is 1. The number of ether oxygens (including phenoxy) is 1. The van der Waals surface area contributed by atoms with Crippen molar-refractivity contribution < 1.29 is 29.0 Å². The first-order chi connectivity index (χ1) is 20.5. The minimum Gasteiger partial charge on any atom is -0.479 e. The molecule has 0 aromatic carbocycles. The summed E-state index contributed by atoms with van der Waals surface area (Å²) in [6.45, 7) is 5.27. The molecule has 14 heteroatoms. The standard InChI is InChI=1S/C29H38N8O6/c1-28(2,3)43-27(42)31-21-10-8-6-4-5-7-9-19-16-29(19,26(40)41)32-24(38)22-15-20(17-36(22)25(21)39)37-34-23(33-35-37)18-11-13-30-14-12-18/h7,9,11-14,19-22H,4-6,8,10,15-17H2,1-3H3,(H,31,42)(H,32,38)(H,40,41)/b9-7-/t19?,20-,21?,22?,29?/m1/s1. The van der Waals surface area contributed by atoms with Crippen molar-refractivity contribution in [2.75, 3.05) is 6.54 Å². The van der Waals surface area contributed by atoms with Crippen LogP contribution in [0.5, 0.6) is 0 Å². The van der Waals surface area contributed by atoms with Crippen molar-refractivity contribution in [1.82, 2.24) is 40.7 Å². The first-order valence-electron chi connectivity index (χ1n) is 14.7. The quantitative estimate of drug-likeness (QED) is 0.444. The first kappa shape index (κ1) is 30.1. The molecule has 2 aromatic heterocycles. The summed E-state index contributed by atoms with van der Waals surface area (Å²) in [6, 6.07) is 1.02. The van der Waals surface area contributed by atoms with Crippen molar-refractivity contribution in [2.45, 2.75) is 95.0 Å². The number of fused-ring (bicyclic) bond motifs is 2. The average molecular weight is 595 g/mol. The van der Waals surface area contributed by atoms with Gasteiger partial charge in [-0.25, -0.2) is 9.59 Å². The maximum atomic E-state index is 14.1. The van der Waals surface area contributed by atoms with E-state index in [4.69, 9.17) is 4.74 Å². The summed E-state index contributed by atoms with van der Waals surface area (Å²) in [5.41, 5.74) is -1.48. The summed E-state index contributed by atoms with van der Waals surface area (Å²) in [5, 5.41) is 28.4. The number of carboxylic acids is 1. The highest BCUT2D eigenvalue weighted by Gasteiger charge is 2.61. The molecule has 0 bridgehead atoms. The fourth-order valence-electron chi connectivity index (χ4n) is 5.69. The molecule has 1 saturated heterocycles. The minimum atomic E-state index is -1.42. The number of aliphatic carboxylic acids is 1. The van der Waals surface area contributed by atoms with Gasteiger partial charge in [0.25, 0.3) is 0 Å². The van der Waals surface area contributed by atoms with Gasteiger partial charge in [-0.2, -0.15) is 4.80 Å². The van der Waals surface area contributed by atoms with Gasteiger partial charge in [0.15, 0.2) is 0 Å². The second kappa shape index (κ2) is 12.1. The Morgan fingerprint density at radius 2 is 1.93 bits per heavy atom. The van der Waals surface area contributed by atoms with Crippen LogP contribution in [0.1, 0.15) is 71.8 Å². The number of alkyl carbamates (subject to hydrolysis) is 1. The Bertz CT molecular complexity index is 1390. The van der Waals surface area contributed by atoms with Crippen molar-refractivity contribution in [3.63, 3.8) is 0 Å². The maximum Gasteiger partial charge on any atom is 0.408 e. The van der Waals surface area contributed by atoms with Crippen LogP contribution in [0.2, 0.25) is 0 Å². The molecule has 1 aliphatic carbocycles. The smallest absolute Gasteiger partial charge is 0.408 e. The third kappa shape index (κ3) is 6.83. The minimum absolute atomic E-state index is 0.0684. The SMILES string of the molecule is CC(C)(C)OC(=O)NC1CCCCC/C=C\C2CC2(C(=O)O)NC(=O)C2C[C@@H](n3nnc(-c4ccncc4)n3)CN2C1=O. The lowest BCUT2D eigenvalue weighted by molar-refractivity contribution is -0.145. The molecule has 2 aliphatic heterocycles. The lowest BCUT2D eigenvalue weighted by Gasteiger charge is -2.30. The van der Waals surface area contributed by atoms with Crippen LogP contribution >= 0.6 is 0 Å². The fourth-order valence-corrected chi connectivity index (χ4v) is 5.69. The third-order valence-electron chi connectivity index (χ3n) is 8.02. The van der Waals surface area contributed by atoms with Gasteiger partial charge in [0.1, 0.15) is 23.2 Å². The van der Waals surface area contributed by atoms with Crippen LogP contribution in [0.25, 0.3) is 11.4 Å². The molecular weight excluding hydrogens is 556 g/mol. The van der Waals surface area contributed by atoms with Crippen molar-refractivity contribution in [1.29, 1.82) is 0 Å². The maximum absolute atomic E-state index is 14.1. The largest absolute Gasteiger partial charge is 0.479 e. The van der Waals surface area contributed by atoms with Gasteiger partial charge in [-0.3, -0.25) is 14.6 Å². The lowest BCUT2D eigenvalue weighted by Crippen LogP contribution is -2.56. The summed E-state index contributed by atoms with van der Waals surface area (Å²) in [6.07, 6.45) is 10.1. The van der Waals surface area contributed by atoms with Crippen molar-refractivity contribution in [3.05, 3.63) is 36.7 Å². The molecular formula is C29H38N8O6. The molecule has 2 aromatic rings. The van der Waals surface area contributed by atoms with E-state index in [9.17, 15) is 24.3 Å². The highest BCUT2D eigenvalue weighted by atomic mass is 16.6. The van der Waals surface area contributed by atoms with Gasteiger partial charge in [0, 0.05) is 36.8 Å². The Morgan fingerprint density at radius 1 is 1.16 bits per heavy atom. The number of tetrazole rings is 1. The molecule has 5 rings (SSSR count). The molecule has 14 nitrogen and oxygen atoms in total. The van der Waals surface area contributed by atoms with Crippen LogP contribution in [-0.4, -0.2) is 88.8 Å². The molecule has 43 heavy (non-hydrogen) atoms. The highest BCUT2D eigenvalue weighted by Crippen LogP contribution is 2.45. The van der Waals surface area contributed by atoms with Crippen LogP contribution in [-0.2, 0) is 19.1 Å². The lowest BCUT2D eigenvalue weighted by atomic mass is 10.0. The number of amides is 3. The predicted octanol–water partition coefficient (Wildman–Crippen LogP) is 2.25. The van der Waals surface area contributed by atoms with Crippen LogP contribution in [0.15, 0.2) is 36.7 Å². The van der Waals surface area contributed by atoms with E-state index >= 15 is 0 Å². The molecule has 3 amide bonds. The summed E-state index contributed by atoms with van der Waals surface area (Å²) in [5.74, 6) is -2.11. The zero-order valence-electron chi connectivity index (χ0n) is 24.6. The number of allylic oxidation sites excluding steroid dienone is 1. The van der Waals surface area contributed by atoms with E-state index in [2.05, 4.69) is 31.0 Å². The van der Waals surface area contributed by atoms with Crippen LogP contribution < -0.4 is 10.6 Å². The average Bonchev–Trinajstić information content (AvgIpc) is 3.28. The molecule has 2 fully saturated rings. The summed E-state index contributed by atoms with van der Waals surface area (Å²) < 4.78 is 5.43. The van der Waals surface area contributed by atoms with Gasteiger partial charge in [-0.05, 0) is 63.8 Å². The summed E-state index contributed by atoms with van der Waals surface area (Å²) >= 11 is 0. The second-order valence-electron chi connectivity index (χ2n) is 12.4. The Morgan fingerprint density at radius 3 is 2.65 bits per heavy atom. The van der Waals surface area contributed by atoms with Crippen molar-refractivity contribution in [3.8, 4) is 11.4 Å². The number of nitrogens with zero attached hydrogens (tertiary/aromatic N) is 6. The Kier molecular flexibility index (Phi) is 8.47. The van der Waals surface area contributed by atoms with E-state index in [1.165, 1.54) is 9.70 Å². The fraction of sp³-hybridized carbons (Fsp3) is 0.586. The number of hydrogen-bond acceptors (Lipinski definition) is 9. The van der Waals surface area contributed by atoms with Gasteiger partial charge in [0.05, 0.1) is 6.04 Å². The van der Waals surface area contributed by atoms with Gasteiger partial charge < -0.3 is 25.4 Å². The molecule has 0 radical (unpaired) electrons. The van der Waals surface area contributed by atoms with E-state index in [1.54, 1.807) is 45.3 Å². The van der Waals surface area contributed by atoms with E-state index in [1.807, 2.05) is 12.2 Å². The van der Waals surface area contributed by atoms with E-state index in [-0.39, 0.29) is 25.3 Å². The monoisotopic (exact) mass is 594 g/mol. The van der Waals surface area contributed by atoms with Crippen molar-refractivity contribution >= 4 is 23.9 Å². The number of carbonyl (C=O) groups excluding carboxylic acids is 3. The topological polar surface area (TPSA) is 182 Å². The molecule has 3 aliphatic rings.